The van der Waals surface area contributed by atoms with Gasteiger partial charge in [0.05, 0.1) is 6.61 Å². The molecule has 0 bridgehead atoms. The molecule has 0 atom stereocenters. The summed E-state index contributed by atoms with van der Waals surface area (Å²) in [7, 11) is 0. The fraction of sp³-hybridized carbons (Fsp3) is 0.818. The van der Waals surface area contributed by atoms with Crippen molar-refractivity contribution in [3.8, 4) is 0 Å². The molecule has 0 heterocycles. The molecule has 0 unspecified atom stereocenters. The van der Waals surface area contributed by atoms with Crippen LogP contribution in [0.1, 0.15) is 52.9 Å². The molecule has 0 aliphatic carbocycles. The minimum atomic E-state index is -0.211. The van der Waals surface area contributed by atoms with E-state index in [1.54, 1.807) is 6.92 Å². The lowest BCUT2D eigenvalue weighted by molar-refractivity contribution is -0.140. The zero-order valence-corrected chi connectivity index (χ0v) is 10.0. The van der Waals surface area contributed by atoms with E-state index < -0.39 is 0 Å². The summed E-state index contributed by atoms with van der Waals surface area (Å²) in [6, 6.07) is 0. The first-order chi connectivity index (χ1) is 7.04. The molecule has 0 aromatic rings. The van der Waals surface area contributed by atoms with Gasteiger partial charge in [-0.3, -0.25) is 9.59 Å². The van der Waals surface area contributed by atoms with Crippen LogP contribution in [0.25, 0.3) is 0 Å². The maximum Gasteiger partial charge on any atom is 0.302 e. The first kappa shape index (κ1) is 16.4. The van der Waals surface area contributed by atoms with Gasteiger partial charge in [0.15, 0.2) is 0 Å². The van der Waals surface area contributed by atoms with E-state index in [0.717, 1.165) is 12.8 Å². The van der Waals surface area contributed by atoms with Crippen molar-refractivity contribution in [3.63, 3.8) is 0 Å². The van der Waals surface area contributed by atoms with Crippen molar-refractivity contribution in [2.24, 2.45) is 5.73 Å². The molecule has 2 N–H and O–H groups in total. The molecule has 1 amide bonds. The van der Waals surface area contributed by atoms with Gasteiger partial charge in [0.2, 0.25) is 5.91 Å². The number of ether oxygens (including phenoxy) is 1. The molecule has 15 heavy (non-hydrogen) atoms. The minimum absolute atomic E-state index is 0.175. The van der Waals surface area contributed by atoms with Crippen LogP contribution in [0.4, 0.5) is 0 Å². The van der Waals surface area contributed by atoms with E-state index in [4.69, 9.17) is 5.73 Å². The van der Waals surface area contributed by atoms with Crippen molar-refractivity contribution in [1.82, 2.24) is 0 Å². The monoisotopic (exact) mass is 217 g/mol. The Hall–Kier alpha value is -1.06. The summed E-state index contributed by atoms with van der Waals surface area (Å²) in [5.74, 6) is -0.386. The number of rotatable bonds is 6. The third kappa shape index (κ3) is 24.6. The van der Waals surface area contributed by atoms with Crippen molar-refractivity contribution in [3.05, 3.63) is 0 Å². The number of hydrogen-bond donors (Lipinski definition) is 1. The van der Waals surface area contributed by atoms with E-state index in [-0.39, 0.29) is 11.9 Å². The fourth-order valence-electron chi connectivity index (χ4n) is 0.929. The van der Waals surface area contributed by atoms with Crippen LogP contribution >= 0.6 is 0 Å². The van der Waals surface area contributed by atoms with Gasteiger partial charge in [0.1, 0.15) is 0 Å². The molecule has 4 nitrogen and oxygen atoms in total. The van der Waals surface area contributed by atoms with E-state index in [1.165, 1.54) is 19.8 Å². The number of unbranched alkanes of at least 4 members (excludes halogenated alkanes) is 3. The van der Waals surface area contributed by atoms with Crippen LogP contribution in [-0.2, 0) is 14.3 Å². The summed E-state index contributed by atoms with van der Waals surface area (Å²) in [6.07, 6.45) is 5.08. The van der Waals surface area contributed by atoms with Crippen LogP contribution in [0, 0.1) is 0 Å². The van der Waals surface area contributed by atoms with Gasteiger partial charge in [0.25, 0.3) is 0 Å². The van der Waals surface area contributed by atoms with Crippen LogP contribution < -0.4 is 5.73 Å². The van der Waals surface area contributed by atoms with Crippen LogP contribution in [0.15, 0.2) is 0 Å². The summed E-state index contributed by atoms with van der Waals surface area (Å²) in [5, 5.41) is 0. The molecule has 0 fully saturated rings. The maximum atomic E-state index is 10.2. The van der Waals surface area contributed by atoms with Gasteiger partial charge in [-0.15, -0.1) is 0 Å². The van der Waals surface area contributed by atoms with Crippen molar-refractivity contribution >= 4 is 11.9 Å². The molecular formula is C11H23NO3. The molecule has 0 radical (unpaired) electrons. The van der Waals surface area contributed by atoms with E-state index in [1.807, 2.05) is 0 Å². The number of nitrogens with two attached hydrogens (primary N) is 1. The number of esters is 1. The van der Waals surface area contributed by atoms with Gasteiger partial charge in [0, 0.05) is 13.3 Å². The van der Waals surface area contributed by atoms with Crippen LogP contribution in [0.3, 0.4) is 0 Å². The molecular weight excluding hydrogens is 194 g/mol. The average Bonchev–Trinajstić information content (AvgIpc) is 2.13. The molecule has 0 aliphatic heterocycles. The number of amides is 1. The summed E-state index contributed by atoms with van der Waals surface area (Å²) in [5.41, 5.74) is 4.94. The van der Waals surface area contributed by atoms with Crippen LogP contribution in [-0.4, -0.2) is 18.5 Å². The Bertz CT molecular complexity index is 169. The summed E-state index contributed by atoms with van der Waals surface area (Å²) < 4.78 is 4.40. The van der Waals surface area contributed by atoms with Gasteiger partial charge in [-0.1, -0.05) is 26.2 Å². The second kappa shape index (κ2) is 12.9. The third-order valence-electron chi connectivity index (χ3n) is 1.62. The molecule has 0 aliphatic rings. The molecule has 4 heteroatoms. The Kier molecular flexibility index (Phi) is 14.1. The highest BCUT2D eigenvalue weighted by Crippen LogP contribution is 2.00. The van der Waals surface area contributed by atoms with Gasteiger partial charge in [-0.2, -0.15) is 0 Å². The summed E-state index contributed by atoms with van der Waals surface area (Å²) in [6.45, 7) is 5.80. The predicted octanol–water partition coefficient (Wildman–Crippen LogP) is 2.01. The molecule has 90 valence electrons. The lowest BCUT2D eigenvalue weighted by atomic mass is 10.1. The zero-order valence-electron chi connectivity index (χ0n) is 10.0. The number of hydrogen-bond acceptors (Lipinski definition) is 3. The fourth-order valence-corrected chi connectivity index (χ4v) is 0.929. The normalized spacial score (nSPS) is 8.73. The topological polar surface area (TPSA) is 69.4 Å². The largest absolute Gasteiger partial charge is 0.466 e. The standard InChI is InChI=1S/C7H15NO.C4H8O2/c1-2-3-4-5-6-7(8)9;1-3-6-4(2)5/h2-6H2,1H3,(H2,8,9);3H2,1-2H3. The average molecular weight is 217 g/mol. The number of carbonyl (C=O) groups excluding carboxylic acids is 2. The van der Waals surface area contributed by atoms with E-state index in [2.05, 4.69) is 11.7 Å². The SMILES string of the molecule is CCCCCCC(N)=O.CCOC(C)=O. The first-order valence-corrected chi connectivity index (χ1v) is 5.46. The third-order valence-corrected chi connectivity index (χ3v) is 1.62. The molecule has 0 spiro atoms. The highest BCUT2D eigenvalue weighted by Gasteiger charge is 1.91. The number of carbonyl (C=O) groups is 2. The van der Waals surface area contributed by atoms with Crippen molar-refractivity contribution in [2.45, 2.75) is 52.9 Å². The lowest BCUT2D eigenvalue weighted by Crippen LogP contribution is -2.09. The van der Waals surface area contributed by atoms with E-state index >= 15 is 0 Å². The second-order valence-electron chi connectivity index (χ2n) is 3.20. The summed E-state index contributed by atoms with van der Waals surface area (Å²) in [4.78, 5) is 20.0. The predicted molar refractivity (Wildman–Crippen MR) is 60.3 cm³/mol. The van der Waals surface area contributed by atoms with Crippen molar-refractivity contribution in [1.29, 1.82) is 0 Å². The molecule has 0 aromatic carbocycles. The van der Waals surface area contributed by atoms with Gasteiger partial charge in [-0.25, -0.2) is 0 Å². The van der Waals surface area contributed by atoms with Gasteiger partial charge >= 0.3 is 5.97 Å². The molecule has 0 saturated heterocycles. The van der Waals surface area contributed by atoms with Crippen molar-refractivity contribution < 1.29 is 14.3 Å². The molecule has 0 aromatic heterocycles. The Morgan fingerprint density at radius 3 is 2.00 bits per heavy atom. The Morgan fingerprint density at radius 1 is 1.13 bits per heavy atom. The maximum absolute atomic E-state index is 10.2. The smallest absolute Gasteiger partial charge is 0.302 e. The van der Waals surface area contributed by atoms with Gasteiger partial charge < -0.3 is 10.5 Å². The Morgan fingerprint density at radius 2 is 1.73 bits per heavy atom. The molecule has 0 rings (SSSR count). The highest BCUT2D eigenvalue weighted by molar-refractivity contribution is 5.73. The van der Waals surface area contributed by atoms with Crippen molar-refractivity contribution in [2.75, 3.05) is 6.61 Å². The highest BCUT2D eigenvalue weighted by atomic mass is 16.5. The summed E-state index contributed by atoms with van der Waals surface area (Å²) >= 11 is 0. The van der Waals surface area contributed by atoms with E-state index in [9.17, 15) is 9.59 Å². The zero-order chi connectivity index (χ0) is 12.1. The first-order valence-electron chi connectivity index (χ1n) is 5.46. The Labute approximate surface area is 92.2 Å². The van der Waals surface area contributed by atoms with Gasteiger partial charge in [-0.05, 0) is 13.3 Å². The minimum Gasteiger partial charge on any atom is -0.466 e. The number of primary amides is 1. The van der Waals surface area contributed by atoms with Crippen LogP contribution in [0.2, 0.25) is 0 Å². The quantitative estimate of drug-likeness (QED) is 0.546. The Balaban J connectivity index is 0. The molecule has 0 saturated carbocycles. The van der Waals surface area contributed by atoms with E-state index in [0.29, 0.717) is 13.0 Å². The lowest BCUT2D eigenvalue weighted by Gasteiger charge is -1.93. The second-order valence-corrected chi connectivity index (χ2v) is 3.20. The van der Waals surface area contributed by atoms with Crippen LogP contribution in [0.5, 0.6) is 0 Å².